The van der Waals surface area contributed by atoms with Gasteiger partial charge in [-0.2, -0.15) is 0 Å². The second kappa shape index (κ2) is 9.20. The van der Waals surface area contributed by atoms with Crippen LogP contribution in [-0.4, -0.2) is 25.3 Å². The van der Waals surface area contributed by atoms with E-state index in [0.29, 0.717) is 21.3 Å². The van der Waals surface area contributed by atoms with E-state index in [-0.39, 0.29) is 17.4 Å². The van der Waals surface area contributed by atoms with E-state index in [4.69, 9.17) is 12.2 Å². The Morgan fingerprint density at radius 2 is 1.48 bits per heavy atom. The van der Waals surface area contributed by atoms with Crippen LogP contribution in [0.15, 0.2) is 77.7 Å². The number of thioether (sulfide) groups is 1. The molecule has 3 aromatic carbocycles. The van der Waals surface area contributed by atoms with Gasteiger partial charge in [-0.3, -0.25) is 9.69 Å². The lowest BCUT2D eigenvalue weighted by molar-refractivity contribution is -0.122. The summed E-state index contributed by atoms with van der Waals surface area (Å²) in [6.07, 6.45) is 5.77. The minimum Gasteiger partial charge on any atom is -0.504 e. The van der Waals surface area contributed by atoms with Crippen LogP contribution < -0.4 is 0 Å². The number of aromatic hydroxyl groups is 2. The van der Waals surface area contributed by atoms with Crippen molar-refractivity contribution in [2.24, 2.45) is 0 Å². The lowest BCUT2D eigenvalue weighted by Crippen LogP contribution is -2.27. The minimum absolute atomic E-state index is 0.171. The van der Waals surface area contributed by atoms with E-state index in [9.17, 15) is 15.0 Å². The van der Waals surface area contributed by atoms with Crippen molar-refractivity contribution >= 4 is 52.4 Å². The van der Waals surface area contributed by atoms with Crippen LogP contribution >= 0.6 is 24.0 Å². The fourth-order valence-electron chi connectivity index (χ4n) is 3.09. The van der Waals surface area contributed by atoms with Crippen molar-refractivity contribution in [3.05, 3.63) is 100.0 Å². The molecule has 1 fully saturated rings. The summed E-state index contributed by atoms with van der Waals surface area (Å²) in [6.45, 7) is 0.394. The predicted molar refractivity (Wildman–Crippen MR) is 130 cm³/mol. The number of thiocarbonyl (C=S) groups is 1. The van der Waals surface area contributed by atoms with Crippen molar-refractivity contribution in [3.8, 4) is 11.5 Å². The van der Waals surface area contributed by atoms with Crippen molar-refractivity contribution in [3.63, 3.8) is 0 Å². The van der Waals surface area contributed by atoms with Gasteiger partial charge in [0.15, 0.2) is 11.5 Å². The van der Waals surface area contributed by atoms with Crippen molar-refractivity contribution < 1.29 is 15.0 Å². The fourth-order valence-corrected chi connectivity index (χ4v) is 4.35. The first-order valence-corrected chi connectivity index (χ1v) is 10.8. The fraction of sp³-hybridized carbons (Fsp3) is 0.0400. The summed E-state index contributed by atoms with van der Waals surface area (Å²) in [5.41, 5.74) is 3.81. The SMILES string of the molecule is O=C1C(=Cc2ccc(O)c(O)c2)SC(=S)N1Cc1ccc(C=Cc2ccccc2)cc1. The van der Waals surface area contributed by atoms with Gasteiger partial charge in [0.2, 0.25) is 0 Å². The summed E-state index contributed by atoms with van der Waals surface area (Å²) in [6, 6.07) is 22.5. The van der Waals surface area contributed by atoms with Crippen molar-refractivity contribution in [1.29, 1.82) is 0 Å². The lowest BCUT2D eigenvalue weighted by atomic mass is 10.1. The van der Waals surface area contributed by atoms with E-state index in [1.54, 1.807) is 17.0 Å². The number of rotatable bonds is 5. The molecule has 1 amide bonds. The van der Waals surface area contributed by atoms with E-state index < -0.39 is 0 Å². The largest absolute Gasteiger partial charge is 0.504 e. The van der Waals surface area contributed by atoms with E-state index in [1.807, 2.05) is 54.6 Å². The Hall–Kier alpha value is -3.35. The van der Waals surface area contributed by atoms with Gasteiger partial charge in [0.1, 0.15) is 4.32 Å². The molecule has 2 N–H and O–H groups in total. The molecule has 0 unspecified atom stereocenters. The van der Waals surface area contributed by atoms with Crippen LogP contribution in [0.5, 0.6) is 11.5 Å². The molecule has 3 aromatic rings. The number of phenolic OH excluding ortho intramolecular Hbond substituents is 2. The molecular formula is C25H19NO3S2. The number of benzene rings is 3. The monoisotopic (exact) mass is 445 g/mol. The number of hydrogen-bond acceptors (Lipinski definition) is 5. The van der Waals surface area contributed by atoms with Crippen LogP contribution in [0.2, 0.25) is 0 Å². The molecule has 4 rings (SSSR count). The number of carbonyl (C=O) groups is 1. The van der Waals surface area contributed by atoms with Crippen LogP contribution in [0, 0.1) is 0 Å². The number of nitrogens with zero attached hydrogens (tertiary/aromatic N) is 1. The van der Waals surface area contributed by atoms with Gasteiger partial charge in [-0.1, -0.05) is 96.8 Å². The normalized spacial score (nSPS) is 15.4. The molecule has 1 aliphatic heterocycles. The van der Waals surface area contributed by atoms with E-state index in [2.05, 4.69) is 12.2 Å². The van der Waals surface area contributed by atoms with Crippen LogP contribution in [0.1, 0.15) is 22.3 Å². The van der Waals surface area contributed by atoms with Crippen molar-refractivity contribution in [2.75, 3.05) is 0 Å². The van der Waals surface area contributed by atoms with Crippen LogP contribution in [-0.2, 0) is 11.3 Å². The average Bonchev–Trinajstić information content (AvgIpc) is 3.04. The van der Waals surface area contributed by atoms with Crippen molar-refractivity contribution in [1.82, 2.24) is 4.90 Å². The zero-order valence-electron chi connectivity index (χ0n) is 16.4. The maximum Gasteiger partial charge on any atom is 0.266 e. The van der Waals surface area contributed by atoms with Gasteiger partial charge >= 0.3 is 0 Å². The van der Waals surface area contributed by atoms with E-state index in [0.717, 1.165) is 16.7 Å². The Morgan fingerprint density at radius 1 is 0.839 bits per heavy atom. The topological polar surface area (TPSA) is 60.8 Å². The zero-order valence-corrected chi connectivity index (χ0v) is 18.1. The van der Waals surface area contributed by atoms with Gasteiger partial charge in [-0.15, -0.1) is 0 Å². The number of amides is 1. The predicted octanol–water partition coefficient (Wildman–Crippen LogP) is 5.67. The van der Waals surface area contributed by atoms with Gasteiger partial charge in [0, 0.05) is 0 Å². The van der Waals surface area contributed by atoms with Crippen molar-refractivity contribution in [2.45, 2.75) is 6.54 Å². The Morgan fingerprint density at radius 3 is 2.16 bits per heavy atom. The number of hydrogen-bond donors (Lipinski definition) is 2. The molecule has 0 aromatic heterocycles. The van der Waals surface area contributed by atoms with Gasteiger partial charge in [-0.05, 0) is 40.5 Å². The molecule has 1 heterocycles. The highest BCUT2D eigenvalue weighted by molar-refractivity contribution is 8.26. The highest BCUT2D eigenvalue weighted by Crippen LogP contribution is 2.35. The molecule has 0 saturated carbocycles. The average molecular weight is 446 g/mol. The third-order valence-electron chi connectivity index (χ3n) is 4.76. The zero-order chi connectivity index (χ0) is 21.8. The summed E-state index contributed by atoms with van der Waals surface area (Å²) in [7, 11) is 0. The van der Waals surface area contributed by atoms with E-state index in [1.165, 1.54) is 23.9 Å². The first kappa shape index (κ1) is 20.9. The Labute approximate surface area is 190 Å². The lowest BCUT2D eigenvalue weighted by Gasteiger charge is -2.14. The Balaban J connectivity index is 1.44. The molecule has 0 bridgehead atoms. The number of carbonyl (C=O) groups excluding carboxylic acids is 1. The summed E-state index contributed by atoms with van der Waals surface area (Å²) in [4.78, 5) is 14.9. The van der Waals surface area contributed by atoms with Gasteiger partial charge in [0.05, 0.1) is 11.4 Å². The minimum atomic E-state index is -0.231. The molecule has 0 atom stereocenters. The first-order chi connectivity index (χ1) is 15.0. The molecule has 0 spiro atoms. The quantitative estimate of drug-likeness (QED) is 0.229. The molecule has 1 aliphatic rings. The van der Waals surface area contributed by atoms with Crippen LogP contribution in [0.3, 0.4) is 0 Å². The summed E-state index contributed by atoms with van der Waals surface area (Å²) >= 11 is 6.63. The molecule has 1 saturated heterocycles. The molecule has 6 heteroatoms. The smallest absolute Gasteiger partial charge is 0.266 e. The maximum absolute atomic E-state index is 12.8. The van der Waals surface area contributed by atoms with Gasteiger partial charge < -0.3 is 10.2 Å². The first-order valence-electron chi connectivity index (χ1n) is 9.59. The standard InChI is InChI=1S/C25H19NO3S2/c27-21-13-12-20(14-22(21)28)15-23-24(29)26(25(30)31-23)16-19-10-8-18(9-11-19)7-6-17-4-2-1-3-5-17/h1-15,27-28H,16H2. The maximum atomic E-state index is 12.8. The molecule has 0 radical (unpaired) electrons. The molecule has 0 aliphatic carbocycles. The van der Waals surface area contributed by atoms with Gasteiger partial charge in [0.25, 0.3) is 5.91 Å². The second-order valence-corrected chi connectivity index (χ2v) is 8.68. The summed E-state index contributed by atoms with van der Waals surface area (Å²) < 4.78 is 0.493. The third kappa shape index (κ3) is 5.05. The van der Waals surface area contributed by atoms with Gasteiger partial charge in [-0.25, -0.2) is 0 Å². The second-order valence-electron chi connectivity index (χ2n) is 7.00. The summed E-state index contributed by atoms with van der Waals surface area (Å²) in [5.74, 6) is -0.604. The number of phenols is 2. The highest BCUT2D eigenvalue weighted by Gasteiger charge is 2.32. The molecule has 31 heavy (non-hydrogen) atoms. The highest BCUT2D eigenvalue weighted by atomic mass is 32.2. The molecule has 4 nitrogen and oxygen atoms in total. The van der Waals surface area contributed by atoms with E-state index >= 15 is 0 Å². The summed E-state index contributed by atoms with van der Waals surface area (Å²) in [5, 5.41) is 19.1. The van der Waals surface area contributed by atoms with Crippen LogP contribution in [0.4, 0.5) is 0 Å². The third-order valence-corrected chi connectivity index (χ3v) is 6.14. The molecule has 154 valence electrons. The van der Waals surface area contributed by atoms with Crippen LogP contribution in [0.25, 0.3) is 18.2 Å². The Kier molecular flexibility index (Phi) is 6.21. The molecular weight excluding hydrogens is 426 g/mol. The Bertz CT molecular complexity index is 1190.